The number of hydrogen-bond acceptors (Lipinski definition) is 2. The lowest BCUT2D eigenvalue weighted by Gasteiger charge is -2.32. The van der Waals surface area contributed by atoms with Crippen LogP contribution in [0.2, 0.25) is 0 Å². The van der Waals surface area contributed by atoms with Gasteiger partial charge in [0.2, 0.25) is 0 Å². The zero-order valence-corrected chi connectivity index (χ0v) is 12.1. The molecule has 1 saturated heterocycles. The molecular formula is C14H20BrFN2. The largest absolute Gasteiger partial charge is 0.330 e. The lowest BCUT2D eigenvalue weighted by atomic mass is 9.94. The highest BCUT2D eigenvalue weighted by molar-refractivity contribution is 9.10. The normalized spacial score (nSPS) is 21.2. The van der Waals surface area contributed by atoms with Crippen LogP contribution in [0.4, 0.5) is 4.39 Å². The van der Waals surface area contributed by atoms with Crippen LogP contribution in [-0.4, -0.2) is 24.5 Å². The lowest BCUT2D eigenvalue weighted by molar-refractivity contribution is 0.163. The minimum atomic E-state index is -0.171. The highest BCUT2D eigenvalue weighted by Crippen LogP contribution is 2.22. The third-order valence-electron chi connectivity index (χ3n) is 3.51. The Bertz CT molecular complexity index is 375. The molecule has 1 fully saturated rings. The summed E-state index contributed by atoms with van der Waals surface area (Å²) in [7, 11) is 0. The smallest absolute Gasteiger partial charge is 0.124 e. The van der Waals surface area contributed by atoms with Gasteiger partial charge in [-0.15, -0.1) is 0 Å². The molecule has 0 aromatic heterocycles. The predicted molar refractivity (Wildman–Crippen MR) is 75.8 cm³/mol. The molecule has 18 heavy (non-hydrogen) atoms. The zero-order chi connectivity index (χ0) is 13.0. The first-order valence-corrected chi connectivity index (χ1v) is 7.34. The molecule has 0 radical (unpaired) electrons. The average Bonchev–Trinajstić information content (AvgIpc) is 2.28. The van der Waals surface area contributed by atoms with Crippen LogP contribution in [0.3, 0.4) is 0 Å². The van der Waals surface area contributed by atoms with Crippen LogP contribution in [0.15, 0.2) is 22.7 Å². The quantitative estimate of drug-likeness (QED) is 0.925. The van der Waals surface area contributed by atoms with Crippen LogP contribution in [0.25, 0.3) is 0 Å². The van der Waals surface area contributed by atoms with Gasteiger partial charge in [-0.25, -0.2) is 4.39 Å². The van der Waals surface area contributed by atoms with E-state index in [1.54, 1.807) is 6.07 Å². The molecule has 1 unspecified atom stereocenters. The van der Waals surface area contributed by atoms with E-state index in [0.29, 0.717) is 5.92 Å². The van der Waals surface area contributed by atoms with E-state index >= 15 is 0 Å². The number of halogens is 2. The molecule has 0 saturated carbocycles. The SMILES string of the molecule is NCCC1CCCN(Cc2cc(F)cc(Br)c2)C1. The van der Waals surface area contributed by atoms with Crippen LogP contribution < -0.4 is 5.73 Å². The van der Waals surface area contributed by atoms with Crippen LogP contribution in [-0.2, 0) is 6.54 Å². The fourth-order valence-corrected chi connectivity index (χ4v) is 3.24. The van der Waals surface area contributed by atoms with Crippen molar-refractivity contribution in [3.8, 4) is 0 Å². The van der Waals surface area contributed by atoms with Gasteiger partial charge in [0.25, 0.3) is 0 Å². The molecule has 1 heterocycles. The average molecular weight is 315 g/mol. The van der Waals surface area contributed by atoms with Gasteiger partial charge in [-0.3, -0.25) is 4.90 Å². The Morgan fingerprint density at radius 3 is 2.94 bits per heavy atom. The maximum atomic E-state index is 13.3. The monoisotopic (exact) mass is 314 g/mol. The van der Waals surface area contributed by atoms with Gasteiger partial charge >= 0.3 is 0 Å². The van der Waals surface area contributed by atoms with Crippen molar-refractivity contribution in [2.24, 2.45) is 11.7 Å². The predicted octanol–water partition coefficient (Wildman–Crippen LogP) is 3.15. The summed E-state index contributed by atoms with van der Waals surface area (Å²) in [5.74, 6) is 0.538. The molecule has 1 atom stereocenters. The number of hydrogen-bond donors (Lipinski definition) is 1. The first-order chi connectivity index (χ1) is 8.67. The molecule has 1 aliphatic rings. The molecule has 2 rings (SSSR count). The molecule has 2 nitrogen and oxygen atoms in total. The molecular weight excluding hydrogens is 295 g/mol. The molecule has 0 spiro atoms. The maximum Gasteiger partial charge on any atom is 0.124 e. The van der Waals surface area contributed by atoms with E-state index in [2.05, 4.69) is 20.8 Å². The van der Waals surface area contributed by atoms with E-state index < -0.39 is 0 Å². The molecule has 0 amide bonds. The summed E-state index contributed by atoms with van der Waals surface area (Å²) < 4.78 is 14.1. The fourth-order valence-electron chi connectivity index (χ4n) is 2.73. The third kappa shape index (κ3) is 4.04. The van der Waals surface area contributed by atoms with E-state index in [9.17, 15) is 4.39 Å². The Balaban J connectivity index is 1.95. The summed E-state index contributed by atoms with van der Waals surface area (Å²) in [5, 5.41) is 0. The number of piperidine rings is 1. The summed E-state index contributed by atoms with van der Waals surface area (Å²) in [5.41, 5.74) is 6.66. The van der Waals surface area contributed by atoms with Crippen molar-refractivity contribution < 1.29 is 4.39 Å². The molecule has 2 N–H and O–H groups in total. The molecule has 4 heteroatoms. The molecule has 0 aliphatic carbocycles. The van der Waals surface area contributed by atoms with Crippen molar-refractivity contribution in [1.82, 2.24) is 4.90 Å². The van der Waals surface area contributed by atoms with Crippen LogP contribution >= 0.6 is 15.9 Å². The van der Waals surface area contributed by atoms with Gasteiger partial charge in [0.05, 0.1) is 0 Å². The van der Waals surface area contributed by atoms with Crippen LogP contribution in [0.5, 0.6) is 0 Å². The van der Waals surface area contributed by atoms with E-state index in [-0.39, 0.29) is 5.82 Å². The minimum absolute atomic E-state index is 0.171. The van der Waals surface area contributed by atoms with Gasteiger partial charge in [0.1, 0.15) is 5.82 Å². The first-order valence-electron chi connectivity index (χ1n) is 6.55. The molecule has 1 aromatic rings. The second kappa shape index (κ2) is 6.64. The molecule has 100 valence electrons. The van der Waals surface area contributed by atoms with Crippen molar-refractivity contribution >= 4 is 15.9 Å². The lowest BCUT2D eigenvalue weighted by Crippen LogP contribution is -2.35. The van der Waals surface area contributed by atoms with Crippen LogP contribution in [0.1, 0.15) is 24.8 Å². The second-order valence-electron chi connectivity index (χ2n) is 5.10. The Labute approximate surface area is 116 Å². The van der Waals surface area contributed by atoms with Gasteiger partial charge < -0.3 is 5.73 Å². The van der Waals surface area contributed by atoms with Gasteiger partial charge in [-0.2, -0.15) is 0 Å². The topological polar surface area (TPSA) is 29.3 Å². The van der Waals surface area contributed by atoms with Crippen molar-refractivity contribution in [3.05, 3.63) is 34.1 Å². The van der Waals surface area contributed by atoms with Gasteiger partial charge in [0.15, 0.2) is 0 Å². The molecule has 0 bridgehead atoms. The summed E-state index contributed by atoms with van der Waals surface area (Å²) in [4.78, 5) is 2.41. The van der Waals surface area contributed by atoms with Gasteiger partial charge in [-0.1, -0.05) is 15.9 Å². The van der Waals surface area contributed by atoms with Crippen molar-refractivity contribution in [3.63, 3.8) is 0 Å². The maximum absolute atomic E-state index is 13.3. The summed E-state index contributed by atoms with van der Waals surface area (Å²) in [6.07, 6.45) is 3.60. The van der Waals surface area contributed by atoms with Crippen LogP contribution in [0, 0.1) is 11.7 Å². The molecule has 1 aromatic carbocycles. The minimum Gasteiger partial charge on any atom is -0.330 e. The van der Waals surface area contributed by atoms with E-state index in [0.717, 1.165) is 42.6 Å². The number of rotatable bonds is 4. The standard InChI is InChI=1S/C14H20BrFN2/c15-13-6-12(7-14(16)8-13)10-18-5-1-2-11(9-18)3-4-17/h6-8,11H,1-5,9-10,17H2. The number of nitrogens with two attached hydrogens (primary N) is 1. The third-order valence-corrected chi connectivity index (χ3v) is 3.96. The number of nitrogens with zero attached hydrogens (tertiary/aromatic N) is 1. The highest BCUT2D eigenvalue weighted by Gasteiger charge is 2.19. The Kier molecular flexibility index (Phi) is 5.15. The Hall–Kier alpha value is -0.450. The highest BCUT2D eigenvalue weighted by atomic mass is 79.9. The summed E-state index contributed by atoms with van der Waals surface area (Å²) in [6, 6.07) is 5.11. The summed E-state index contributed by atoms with van der Waals surface area (Å²) in [6.45, 7) is 3.79. The van der Waals surface area contributed by atoms with Crippen molar-refractivity contribution in [2.45, 2.75) is 25.8 Å². The van der Waals surface area contributed by atoms with Gasteiger partial charge in [-0.05, 0) is 62.0 Å². The second-order valence-corrected chi connectivity index (χ2v) is 6.01. The Morgan fingerprint density at radius 1 is 1.39 bits per heavy atom. The number of benzene rings is 1. The number of likely N-dealkylation sites (tertiary alicyclic amines) is 1. The van der Waals surface area contributed by atoms with E-state index in [1.807, 2.05) is 6.07 Å². The van der Waals surface area contributed by atoms with E-state index in [4.69, 9.17) is 5.73 Å². The van der Waals surface area contributed by atoms with Crippen molar-refractivity contribution in [2.75, 3.05) is 19.6 Å². The molecule has 1 aliphatic heterocycles. The van der Waals surface area contributed by atoms with E-state index in [1.165, 1.54) is 18.9 Å². The fraction of sp³-hybridized carbons (Fsp3) is 0.571. The zero-order valence-electron chi connectivity index (χ0n) is 10.5. The Morgan fingerprint density at radius 2 is 2.22 bits per heavy atom. The van der Waals surface area contributed by atoms with Crippen molar-refractivity contribution in [1.29, 1.82) is 0 Å². The summed E-state index contributed by atoms with van der Waals surface area (Å²) >= 11 is 3.34. The van der Waals surface area contributed by atoms with Gasteiger partial charge in [0, 0.05) is 17.6 Å². The first kappa shape index (κ1) is 14.0.